The van der Waals surface area contributed by atoms with E-state index in [1.807, 2.05) is 42.8 Å². The van der Waals surface area contributed by atoms with Crippen LogP contribution in [0, 0.1) is 12.3 Å². The molecule has 2 aliphatic rings. The average molecular weight is 370 g/mol. The van der Waals surface area contributed by atoms with E-state index >= 15 is 0 Å². The first-order valence-corrected chi connectivity index (χ1v) is 9.64. The van der Waals surface area contributed by atoms with E-state index in [-0.39, 0.29) is 17.8 Å². The zero-order valence-corrected chi connectivity index (χ0v) is 15.7. The summed E-state index contributed by atoms with van der Waals surface area (Å²) < 4.78 is 30.3. The van der Waals surface area contributed by atoms with Crippen molar-refractivity contribution in [2.45, 2.75) is 24.7 Å². The first kappa shape index (κ1) is 17.7. The smallest absolute Gasteiger partial charge is 0.245 e. The van der Waals surface area contributed by atoms with Crippen LogP contribution in [0.15, 0.2) is 29.2 Å². The van der Waals surface area contributed by atoms with Gasteiger partial charge in [-0.3, -0.25) is 0 Å². The average Bonchev–Trinajstić information content (AvgIpc) is 3.23. The van der Waals surface area contributed by atoms with Gasteiger partial charge < -0.3 is 9.88 Å². The molecule has 0 radical (unpaired) electrons. The van der Waals surface area contributed by atoms with E-state index in [4.69, 9.17) is 0 Å². The van der Waals surface area contributed by atoms with Gasteiger partial charge in [-0.1, -0.05) is 18.2 Å². The summed E-state index contributed by atoms with van der Waals surface area (Å²) in [6.45, 7) is 5.11. The van der Waals surface area contributed by atoms with Crippen molar-refractivity contribution in [1.29, 1.82) is 0 Å². The molecule has 7 heteroatoms. The van der Waals surface area contributed by atoms with Crippen LogP contribution in [-0.2, 0) is 17.1 Å². The van der Waals surface area contributed by atoms with Crippen LogP contribution in [0.25, 0.3) is 10.9 Å². The van der Waals surface area contributed by atoms with Crippen LogP contribution in [0.3, 0.4) is 0 Å². The molecular weight excluding hydrogens is 346 g/mol. The third-order valence-corrected chi connectivity index (χ3v) is 7.70. The molecule has 1 spiro atoms. The predicted octanol–water partition coefficient (Wildman–Crippen LogP) is 2.28. The monoisotopic (exact) mass is 369 g/mol. The molecule has 0 amide bonds. The van der Waals surface area contributed by atoms with Gasteiger partial charge in [0.1, 0.15) is 4.90 Å². The van der Waals surface area contributed by atoms with Gasteiger partial charge in [-0.25, -0.2) is 8.42 Å². The highest BCUT2D eigenvalue weighted by Gasteiger charge is 2.45. The van der Waals surface area contributed by atoms with E-state index in [2.05, 4.69) is 5.32 Å². The Morgan fingerprint density at radius 2 is 1.96 bits per heavy atom. The summed E-state index contributed by atoms with van der Waals surface area (Å²) in [7, 11) is -1.52. The Bertz CT molecular complexity index is 869. The summed E-state index contributed by atoms with van der Waals surface area (Å²) in [6.07, 6.45) is 2.04. The zero-order chi connectivity index (χ0) is 16.2. The molecule has 1 N–H and O–H groups in total. The Morgan fingerprint density at radius 1 is 1.21 bits per heavy atom. The molecule has 0 aliphatic carbocycles. The second kappa shape index (κ2) is 6.02. The van der Waals surface area contributed by atoms with Crippen molar-refractivity contribution in [3.8, 4) is 0 Å². The number of hydrogen-bond donors (Lipinski definition) is 1. The van der Waals surface area contributed by atoms with Crippen molar-refractivity contribution >= 4 is 33.3 Å². The Morgan fingerprint density at radius 3 is 2.67 bits per heavy atom. The molecular formula is C17H24ClN3O2S. The quantitative estimate of drug-likeness (QED) is 0.883. The highest BCUT2D eigenvalue weighted by molar-refractivity contribution is 7.89. The highest BCUT2D eigenvalue weighted by atomic mass is 35.5. The lowest BCUT2D eigenvalue weighted by atomic mass is 9.87. The fourth-order valence-corrected chi connectivity index (χ4v) is 6.18. The number of aryl methyl sites for hydroxylation is 1. The van der Waals surface area contributed by atoms with E-state index in [1.165, 1.54) is 0 Å². The molecule has 3 heterocycles. The fourth-order valence-electron chi connectivity index (χ4n) is 4.18. The van der Waals surface area contributed by atoms with Crippen molar-refractivity contribution in [2.24, 2.45) is 12.5 Å². The summed E-state index contributed by atoms with van der Waals surface area (Å²) in [6, 6.07) is 7.76. The normalized spacial score (nSPS) is 24.8. The molecule has 2 saturated heterocycles. The van der Waals surface area contributed by atoms with Gasteiger partial charge in [0.2, 0.25) is 10.0 Å². The number of aromatic nitrogens is 1. The maximum Gasteiger partial charge on any atom is 0.245 e. The van der Waals surface area contributed by atoms with Gasteiger partial charge in [0.25, 0.3) is 0 Å². The van der Waals surface area contributed by atoms with Gasteiger partial charge in [-0.2, -0.15) is 4.31 Å². The van der Waals surface area contributed by atoms with Crippen LogP contribution in [0.5, 0.6) is 0 Å². The number of fused-ring (bicyclic) bond motifs is 1. The maximum absolute atomic E-state index is 13.3. The molecule has 1 aromatic carbocycles. The molecule has 1 unspecified atom stereocenters. The lowest BCUT2D eigenvalue weighted by Gasteiger charge is -2.22. The lowest BCUT2D eigenvalue weighted by molar-refractivity contribution is 0.338. The molecule has 0 saturated carbocycles. The second-order valence-corrected chi connectivity index (χ2v) is 8.88. The zero-order valence-electron chi connectivity index (χ0n) is 14.1. The Labute approximate surface area is 149 Å². The molecule has 132 valence electrons. The minimum Gasteiger partial charge on any atom is -0.347 e. The summed E-state index contributed by atoms with van der Waals surface area (Å²) in [5, 5.41) is 4.22. The molecule has 1 atom stereocenters. The van der Waals surface area contributed by atoms with Gasteiger partial charge in [0.05, 0.1) is 0 Å². The summed E-state index contributed by atoms with van der Waals surface area (Å²) >= 11 is 0. The summed E-state index contributed by atoms with van der Waals surface area (Å²) in [5.41, 5.74) is 1.93. The molecule has 5 nitrogen and oxygen atoms in total. The van der Waals surface area contributed by atoms with Crippen LogP contribution in [0.1, 0.15) is 18.5 Å². The van der Waals surface area contributed by atoms with Gasteiger partial charge in [0, 0.05) is 43.3 Å². The van der Waals surface area contributed by atoms with Crippen molar-refractivity contribution in [3.63, 3.8) is 0 Å². The van der Waals surface area contributed by atoms with Gasteiger partial charge >= 0.3 is 0 Å². The third kappa shape index (κ3) is 2.47. The van der Waals surface area contributed by atoms with E-state index in [1.54, 1.807) is 4.31 Å². The standard InChI is InChI=1S/C17H23N3O2S.ClH/c1-13-16(14-5-3-4-6-15(14)19(13)2)23(21,22)20-10-8-17(12-20)7-9-18-11-17;/h3-6,18H,7-12H2,1-2H3;1H. The first-order valence-electron chi connectivity index (χ1n) is 8.20. The van der Waals surface area contributed by atoms with Crippen molar-refractivity contribution in [2.75, 3.05) is 26.2 Å². The fraction of sp³-hybridized carbons (Fsp3) is 0.529. The number of benzene rings is 1. The number of hydrogen-bond acceptors (Lipinski definition) is 3. The molecule has 0 bridgehead atoms. The van der Waals surface area contributed by atoms with E-state index in [9.17, 15) is 8.42 Å². The predicted molar refractivity (Wildman–Crippen MR) is 98.2 cm³/mol. The Hall–Kier alpha value is -1.08. The summed E-state index contributed by atoms with van der Waals surface area (Å²) in [5.74, 6) is 0. The van der Waals surface area contributed by atoms with E-state index in [0.717, 1.165) is 42.5 Å². The molecule has 1 aromatic heterocycles. The largest absolute Gasteiger partial charge is 0.347 e. The van der Waals surface area contributed by atoms with Crippen LogP contribution in [0.2, 0.25) is 0 Å². The van der Waals surface area contributed by atoms with Crippen molar-refractivity contribution in [1.82, 2.24) is 14.2 Å². The van der Waals surface area contributed by atoms with Gasteiger partial charge in [0.15, 0.2) is 0 Å². The Balaban J connectivity index is 0.00000169. The number of nitrogens with one attached hydrogen (secondary N) is 1. The molecule has 2 aliphatic heterocycles. The van der Waals surface area contributed by atoms with Gasteiger partial charge in [-0.05, 0) is 37.8 Å². The molecule has 4 rings (SSSR count). The second-order valence-electron chi connectivity index (χ2n) is 7.01. The molecule has 24 heavy (non-hydrogen) atoms. The van der Waals surface area contributed by atoms with Crippen molar-refractivity contribution < 1.29 is 8.42 Å². The molecule has 2 aromatic rings. The van der Waals surface area contributed by atoms with Crippen LogP contribution in [0.4, 0.5) is 0 Å². The van der Waals surface area contributed by atoms with Crippen LogP contribution in [-0.4, -0.2) is 43.5 Å². The van der Waals surface area contributed by atoms with E-state index in [0.29, 0.717) is 18.0 Å². The SMILES string of the molecule is Cc1c(S(=O)(=O)N2CCC3(CCNC3)C2)c2ccccc2n1C.Cl. The number of sulfonamides is 1. The Kier molecular flexibility index (Phi) is 4.45. The minimum absolute atomic E-state index is 0. The number of halogens is 1. The maximum atomic E-state index is 13.3. The first-order chi connectivity index (χ1) is 10.9. The van der Waals surface area contributed by atoms with Gasteiger partial charge in [-0.15, -0.1) is 12.4 Å². The molecule has 2 fully saturated rings. The number of para-hydroxylation sites is 1. The third-order valence-electron chi connectivity index (χ3n) is 5.68. The van der Waals surface area contributed by atoms with Crippen LogP contribution >= 0.6 is 12.4 Å². The highest BCUT2D eigenvalue weighted by Crippen LogP contribution is 2.40. The van der Waals surface area contributed by atoms with Crippen molar-refractivity contribution in [3.05, 3.63) is 30.0 Å². The minimum atomic E-state index is -3.45. The lowest BCUT2D eigenvalue weighted by Crippen LogP contribution is -2.33. The number of rotatable bonds is 2. The summed E-state index contributed by atoms with van der Waals surface area (Å²) in [4.78, 5) is 0.485. The number of nitrogens with zero attached hydrogens (tertiary/aromatic N) is 2. The topological polar surface area (TPSA) is 54.3 Å². The van der Waals surface area contributed by atoms with E-state index < -0.39 is 10.0 Å². The van der Waals surface area contributed by atoms with Crippen LogP contribution < -0.4 is 5.32 Å².